The SMILES string of the molecule is NNC(CCC1CC1)c1csnn1. The largest absolute Gasteiger partial charge is 0.271 e. The molecule has 0 aliphatic heterocycles. The summed E-state index contributed by atoms with van der Waals surface area (Å²) in [4.78, 5) is 0. The van der Waals surface area contributed by atoms with E-state index in [1.165, 1.54) is 30.8 Å². The lowest BCUT2D eigenvalue weighted by Crippen LogP contribution is -2.28. The minimum Gasteiger partial charge on any atom is -0.271 e. The van der Waals surface area contributed by atoms with E-state index in [2.05, 4.69) is 15.0 Å². The maximum Gasteiger partial charge on any atom is 0.0938 e. The van der Waals surface area contributed by atoms with E-state index >= 15 is 0 Å². The van der Waals surface area contributed by atoms with Gasteiger partial charge < -0.3 is 0 Å². The number of nitrogens with zero attached hydrogens (tertiary/aromatic N) is 2. The highest BCUT2D eigenvalue weighted by Crippen LogP contribution is 2.35. The maximum atomic E-state index is 5.46. The van der Waals surface area contributed by atoms with Crippen LogP contribution in [0.3, 0.4) is 0 Å². The van der Waals surface area contributed by atoms with E-state index in [9.17, 15) is 0 Å². The van der Waals surface area contributed by atoms with Crippen molar-refractivity contribution in [1.82, 2.24) is 15.0 Å². The highest BCUT2D eigenvalue weighted by molar-refractivity contribution is 7.03. The van der Waals surface area contributed by atoms with Gasteiger partial charge in [-0.1, -0.05) is 17.3 Å². The molecule has 1 aliphatic rings. The highest BCUT2D eigenvalue weighted by atomic mass is 32.1. The third kappa shape index (κ3) is 2.46. The van der Waals surface area contributed by atoms with Gasteiger partial charge >= 0.3 is 0 Å². The van der Waals surface area contributed by atoms with Crippen LogP contribution in [0.1, 0.15) is 37.4 Å². The van der Waals surface area contributed by atoms with Crippen LogP contribution in [-0.4, -0.2) is 9.59 Å². The third-order valence-electron chi connectivity index (χ3n) is 2.50. The lowest BCUT2D eigenvalue weighted by Gasteiger charge is -2.11. The zero-order valence-corrected chi connectivity index (χ0v) is 8.26. The summed E-state index contributed by atoms with van der Waals surface area (Å²) in [7, 11) is 0. The van der Waals surface area contributed by atoms with Gasteiger partial charge in [0, 0.05) is 5.38 Å². The molecule has 1 fully saturated rings. The molecule has 1 heterocycles. The van der Waals surface area contributed by atoms with Crippen molar-refractivity contribution in [3.8, 4) is 0 Å². The number of hydrogen-bond acceptors (Lipinski definition) is 5. The molecule has 3 N–H and O–H groups in total. The van der Waals surface area contributed by atoms with Crippen molar-refractivity contribution < 1.29 is 0 Å². The molecule has 0 saturated heterocycles. The van der Waals surface area contributed by atoms with Crippen LogP contribution in [0.4, 0.5) is 0 Å². The van der Waals surface area contributed by atoms with Crippen LogP contribution in [-0.2, 0) is 0 Å². The van der Waals surface area contributed by atoms with Gasteiger partial charge in [-0.3, -0.25) is 11.3 Å². The summed E-state index contributed by atoms with van der Waals surface area (Å²) in [5, 5.41) is 5.97. The van der Waals surface area contributed by atoms with Crippen molar-refractivity contribution >= 4 is 11.5 Å². The lowest BCUT2D eigenvalue weighted by molar-refractivity contribution is 0.472. The molecule has 1 saturated carbocycles. The molecule has 0 amide bonds. The Kier molecular flexibility index (Phi) is 2.87. The Balaban J connectivity index is 1.85. The Morgan fingerprint density at radius 2 is 2.54 bits per heavy atom. The summed E-state index contributed by atoms with van der Waals surface area (Å²) in [6.07, 6.45) is 5.12. The second kappa shape index (κ2) is 4.13. The molecule has 2 rings (SSSR count). The first-order valence-corrected chi connectivity index (χ1v) is 5.47. The summed E-state index contributed by atoms with van der Waals surface area (Å²) in [5.74, 6) is 6.40. The molecule has 1 aromatic rings. The smallest absolute Gasteiger partial charge is 0.0938 e. The van der Waals surface area contributed by atoms with Crippen LogP contribution in [0, 0.1) is 5.92 Å². The zero-order chi connectivity index (χ0) is 9.10. The Morgan fingerprint density at radius 3 is 3.08 bits per heavy atom. The first-order valence-electron chi connectivity index (χ1n) is 4.63. The van der Waals surface area contributed by atoms with Crippen LogP contribution in [0.5, 0.6) is 0 Å². The van der Waals surface area contributed by atoms with Crippen LogP contribution in [0.25, 0.3) is 0 Å². The molecule has 1 unspecified atom stereocenters. The summed E-state index contributed by atoms with van der Waals surface area (Å²) in [6, 6.07) is 0.194. The molecule has 13 heavy (non-hydrogen) atoms. The predicted octanol–water partition coefficient (Wildman–Crippen LogP) is 1.23. The van der Waals surface area contributed by atoms with Crippen molar-refractivity contribution in [3.05, 3.63) is 11.1 Å². The van der Waals surface area contributed by atoms with E-state index in [-0.39, 0.29) is 6.04 Å². The number of hydrogen-bond donors (Lipinski definition) is 2. The molecule has 0 spiro atoms. The van der Waals surface area contributed by atoms with Gasteiger partial charge in [-0.15, -0.1) is 5.10 Å². The molecular weight excluding hydrogens is 184 g/mol. The van der Waals surface area contributed by atoms with Gasteiger partial charge in [-0.2, -0.15) is 0 Å². The van der Waals surface area contributed by atoms with Crippen LogP contribution < -0.4 is 11.3 Å². The van der Waals surface area contributed by atoms with Crippen molar-refractivity contribution in [2.75, 3.05) is 0 Å². The molecule has 1 atom stereocenters. The monoisotopic (exact) mass is 198 g/mol. The zero-order valence-electron chi connectivity index (χ0n) is 7.44. The summed E-state index contributed by atoms with van der Waals surface area (Å²) >= 11 is 1.38. The molecule has 0 bridgehead atoms. The number of rotatable bonds is 5. The fourth-order valence-electron chi connectivity index (χ4n) is 1.45. The fraction of sp³-hybridized carbons (Fsp3) is 0.750. The standard InChI is InChI=1S/C8H14N4S/c9-10-7(4-3-6-1-2-6)8-5-13-12-11-8/h5-7,10H,1-4,9H2. The molecule has 1 aliphatic carbocycles. The van der Waals surface area contributed by atoms with Gasteiger partial charge in [0.05, 0.1) is 11.7 Å². The minimum absolute atomic E-state index is 0.194. The van der Waals surface area contributed by atoms with Gasteiger partial charge in [0.2, 0.25) is 0 Å². The first-order chi connectivity index (χ1) is 6.40. The van der Waals surface area contributed by atoms with E-state index in [1.807, 2.05) is 5.38 Å². The van der Waals surface area contributed by atoms with Gasteiger partial charge in [-0.05, 0) is 30.3 Å². The number of nitrogens with two attached hydrogens (primary N) is 1. The summed E-state index contributed by atoms with van der Waals surface area (Å²) < 4.78 is 3.83. The second-order valence-electron chi connectivity index (χ2n) is 3.57. The Bertz CT molecular complexity index is 245. The molecule has 1 aromatic heterocycles. The van der Waals surface area contributed by atoms with E-state index in [0.717, 1.165) is 18.0 Å². The number of hydrazine groups is 1. The van der Waals surface area contributed by atoms with Gasteiger partial charge in [0.1, 0.15) is 0 Å². The normalized spacial score (nSPS) is 18.8. The Morgan fingerprint density at radius 1 is 1.69 bits per heavy atom. The van der Waals surface area contributed by atoms with Gasteiger partial charge in [-0.25, -0.2) is 0 Å². The Hall–Kier alpha value is -0.520. The predicted molar refractivity (Wildman–Crippen MR) is 51.9 cm³/mol. The van der Waals surface area contributed by atoms with Crippen molar-refractivity contribution in [2.45, 2.75) is 31.7 Å². The molecular formula is C8H14N4S. The lowest BCUT2D eigenvalue weighted by atomic mass is 10.1. The van der Waals surface area contributed by atoms with Gasteiger partial charge in [0.25, 0.3) is 0 Å². The average molecular weight is 198 g/mol. The van der Waals surface area contributed by atoms with Crippen LogP contribution >= 0.6 is 11.5 Å². The van der Waals surface area contributed by atoms with E-state index in [0.29, 0.717) is 0 Å². The highest BCUT2D eigenvalue weighted by Gasteiger charge is 2.23. The average Bonchev–Trinajstić information content (AvgIpc) is 2.81. The molecule has 4 nitrogen and oxygen atoms in total. The molecule has 5 heteroatoms. The van der Waals surface area contributed by atoms with E-state index < -0.39 is 0 Å². The van der Waals surface area contributed by atoms with E-state index in [1.54, 1.807) is 0 Å². The van der Waals surface area contributed by atoms with Crippen molar-refractivity contribution in [2.24, 2.45) is 11.8 Å². The van der Waals surface area contributed by atoms with Gasteiger partial charge in [0.15, 0.2) is 0 Å². The van der Waals surface area contributed by atoms with E-state index in [4.69, 9.17) is 5.84 Å². The molecule has 0 radical (unpaired) electrons. The van der Waals surface area contributed by atoms with Crippen LogP contribution in [0.15, 0.2) is 5.38 Å². The minimum atomic E-state index is 0.194. The van der Waals surface area contributed by atoms with Crippen molar-refractivity contribution in [3.63, 3.8) is 0 Å². The van der Waals surface area contributed by atoms with Crippen molar-refractivity contribution in [1.29, 1.82) is 0 Å². The third-order valence-corrected chi connectivity index (χ3v) is 3.02. The summed E-state index contributed by atoms with van der Waals surface area (Å²) in [5.41, 5.74) is 3.77. The first kappa shape index (κ1) is 9.05. The number of aromatic nitrogens is 2. The quantitative estimate of drug-likeness (QED) is 0.552. The Labute approximate surface area is 81.7 Å². The topological polar surface area (TPSA) is 63.8 Å². The second-order valence-corrected chi connectivity index (χ2v) is 4.18. The summed E-state index contributed by atoms with van der Waals surface area (Å²) in [6.45, 7) is 0. The van der Waals surface area contributed by atoms with Crippen LogP contribution in [0.2, 0.25) is 0 Å². The fourth-order valence-corrected chi connectivity index (χ4v) is 1.96. The number of nitrogens with one attached hydrogen (secondary N) is 1. The molecule has 0 aromatic carbocycles. The maximum absolute atomic E-state index is 5.46. The molecule has 72 valence electrons.